The van der Waals surface area contributed by atoms with Crippen molar-refractivity contribution in [3.05, 3.63) is 108 Å². The van der Waals surface area contributed by atoms with Gasteiger partial charge < -0.3 is 27.0 Å². The molecule has 268 valence electrons. The molecule has 0 saturated carbocycles. The lowest BCUT2D eigenvalue weighted by Crippen LogP contribution is -2.38. The number of rotatable bonds is 6. The third-order valence-corrected chi connectivity index (χ3v) is 10.6. The number of aromatic hydroxyl groups is 2. The van der Waals surface area contributed by atoms with Crippen LogP contribution in [-0.4, -0.2) is 69.5 Å². The second kappa shape index (κ2) is 17.4. The van der Waals surface area contributed by atoms with Gasteiger partial charge in [0, 0.05) is 41.9 Å². The van der Waals surface area contributed by atoms with Gasteiger partial charge in [0.2, 0.25) is 10.0 Å². The fraction of sp³-hybridized carbons (Fsp3) is 0.222. The van der Waals surface area contributed by atoms with E-state index in [4.69, 9.17) is 11.5 Å². The normalized spacial score (nSPS) is 14.9. The van der Waals surface area contributed by atoms with Gasteiger partial charge in [-0.2, -0.15) is 4.31 Å². The summed E-state index contributed by atoms with van der Waals surface area (Å²) in [6.45, 7) is 2.59. The van der Waals surface area contributed by atoms with Gasteiger partial charge in [0.05, 0.1) is 16.3 Å². The minimum Gasteiger partial charge on any atom is -0.507 e. The predicted octanol–water partition coefficient (Wildman–Crippen LogP) is 5.65. The number of anilines is 2. The van der Waals surface area contributed by atoms with Crippen molar-refractivity contribution in [2.45, 2.75) is 30.1 Å². The number of halogens is 2. The molecule has 51 heavy (non-hydrogen) atoms. The van der Waals surface area contributed by atoms with Gasteiger partial charge in [-0.1, -0.05) is 48.5 Å². The molecule has 12 nitrogen and oxygen atoms in total. The van der Waals surface area contributed by atoms with Crippen molar-refractivity contribution in [1.82, 2.24) is 30.0 Å². The van der Waals surface area contributed by atoms with Crippen molar-refractivity contribution in [2.75, 3.05) is 37.6 Å². The summed E-state index contributed by atoms with van der Waals surface area (Å²) >= 11 is 0. The Morgan fingerprint density at radius 1 is 0.706 bits per heavy atom. The number of aromatic nitrogens is 4. The van der Waals surface area contributed by atoms with E-state index in [1.54, 1.807) is 60.7 Å². The maximum atomic E-state index is 12.8. The Kier molecular flexibility index (Phi) is 13.3. The molecule has 2 aliphatic rings. The van der Waals surface area contributed by atoms with Crippen LogP contribution in [0, 0.1) is 0 Å². The Balaban J connectivity index is 0.000000234. The van der Waals surface area contributed by atoms with Gasteiger partial charge in [-0.3, -0.25) is 0 Å². The minimum atomic E-state index is -3.49. The molecule has 2 aromatic heterocycles. The van der Waals surface area contributed by atoms with Gasteiger partial charge in [-0.05, 0) is 85.8 Å². The molecule has 1 saturated heterocycles. The number of hydrogen-bond acceptors (Lipinski definition) is 11. The van der Waals surface area contributed by atoms with Gasteiger partial charge in [-0.25, -0.2) is 8.42 Å². The number of sulfonamides is 1. The van der Waals surface area contributed by atoms with Gasteiger partial charge in [0.15, 0.2) is 5.82 Å². The van der Waals surface area contributed by atoms with E-state index in [0.717, 1.165) is 30.6 Å². The number of piperidine rings is 1. The number of hydrogen-bond donors (Lipinski definition) is 5. The Bertz CT molecular complexity index is 2080. The third kappa shape index (κ3) is 8.93. The van der Waals surface area contributed by atoms with E-state index < -0.39 is 10.0 Å². The molecule has 0 bridgehead atoms. The number of nitrogens with one attached hydrogen (secondary N) is 1. The first-order valence-corrected chi connectivity index (χ1v) is 17.4. The van der Waals surface area contributed by atoms with Crippen molar-refractivity contribution in [3.8, 4) is 34.0 Å². The molecular formula is C36H40Cl2N8O4S. The molecule has 7 N–H and O–H groups in total. The van der Waals surface area contributed by atoms with Crippen LogP contribution in [0.25, 0.3) is 28.1 Å². The fourth-order valence-electron chi connectivity index (χ4n) is 6.06. The van der Waals surface area contributed by atoms with Crippen LogP contribution < -0.4 is 16.8 Å². The summed E-state index contributed by atoms with van der Waals surface area (Å²) in [4.78, 5) is 0.311. The van der Waals surface area contributed by atoms with E-state index in [2.05, 4.69) is 31.8 Å². The quantitative estimate of drug-likeness (QED) is 0.144. The van der Waals surface area contributed by atoms with Crippen LogP contribution in [0.1, 0.15) is 36.3 Å². The van der Waals surface area contributed by atoms with Crippen LogP contribution in [-0.2, 0) is 10.0 Å². The zero-order chi connectivity index (χ0) is 34.4. The zero-order valence-electron chi connectivity index (χ0n) is 27.6. The fourth-order valence-corrected chi connectivity index (χ4v) is 7.55. The number of nitrogens with zero attached hydrogens (tertiary/aromatic N) is 5. The topological polar surface area (TPSA) is 193 Å². The summed E-state index contributed by atoms with van der Waals surface area (Å²) in [5.74, 6) is 1.17. The number of phenols is 2. The molecular weight excluding hydrogens is 711 g/mol. The lowest BCUT2D eigenvalue weighted by molar-refractivity contribution is 0.319. The summed E-state index contributed by atoms with van der Waals surface area (Å²) in [5.41, 5.74) is 17.4. The Hall–Kier alpha value is -4.79. The van der Waals surface area contributed by atoms with Crippen molar-refractivity contribution in [3.63, 3.8) is 0 Å². The number of para-hydroxylation sites is 2. The lowest BCUT2D eigenvalue weighted by atomic mass is 9.90. The molecule has 0 aliphatic carbocycles. The summed E-state index contributed by atoms with van der Waals surface area (Å²) in [7, 11) is -3.49. The average molecular weight is 752 g/mol. The smallest absolute Gasteiger partial charge is 0.243 e. The highest BCUT2D eigenvalue weighted by Gasteiger charge is 2.31. The average Bonchev–Trinajstić information content (AvgIpc) is 3.14. The van der Waals surface area contributed by atoms with E-state index >= 15 is 0 Å². The molecule has 4 heterocycles. The first-order valence-electron chi connectivity index (χ1n) is 16.0. The predicted molar refractivity (Wildman–Crippen MR) is 204 cm³/mol. The highest BCUT2D eigenvalue weighted by atomic mass is 35.5. The van der Waals surface area contributed by atoms with Gasteiger partial charge in [0.1, 0.15) is 17.3 Å². The van der Waals surface area contributed by atoms with Crippen molar-refractivity contribution in [2.24, 2.45) is 0 Å². The largest absolute Gasteiger partial charge is 0.507 e. The Morgan fingerprint density at radius 2 is 1.25 bits per heavy atom. The second-order valence-electron chi connectivity index (χ2n) is 11.8. The lowest BCUT2D eigenvalue weighted by Gasteiger charge is -2.31. The van der Waals surface area contributed by atoms with Crippen LogP contribution in [0.4, 0.5) is 11.6 Å². The molecule has 5 aromatic rings. The van der Waals surface area contributed by atoms with E-state index in [1.807, 2.05) is 30.3 Å². The van der Waals surface area contributed by atoms with Gasteiger partial charge in [-0.15, -0.1) is 45.2 Å². The molecule has 2 aliphatic heterocycles. The van der Waals surface area contributed by atoms with Crippen molar-refractivity contribution >= 4 is 52.0 Å². The van der Waals surface area contributed by atoms with Crippen LogP contribution in [0.3, 0.4) is 0 Å². The Labute approximate surface area is 309 Å². The molecule has 0 radical (unpaired) electrons. The standard InChI is InChI=1S/C21H22N4O3S.C15H16N4O.2ClH/c22-21-18(14-19(23-24-21)17-8-4-5-9-20(17)26)15-10-12-25(13-11-15)29(27,28)16-6-2-1-3-7-16;16-15-12(10-5-7-17-8-6-10)9-13(18-19-15)11-3-1-2-4-14(11)20;;/h1-9,14-15,26H,10-13H2,(H2,22,24);1-5,9,17,20H,6-8H2,(H2,16,19);2*1H. The summed E-state index contributed by atoms with van der Waals surface area (Å²) < 4.78 is 27.2. The first-order chi connectivity index (χ1) is 23.7. The maximum Gasteiger partial charge on any atom is 0.243 e. The van der Waals surface area contributed by atoms with Gasteiger partial charge in [0.25, 0.3) is 0 Å². The molecule has 0 amide bonds. The van der Waals surface area contributed by atoms with Crippen LogP contribution in [0.15, 0.2) is 102 Å². The monoisotopic (exact) mass is 750 g/mol. The van der Waals surface area contributed by atoms with Crippen LogP contribution >= 0.6 is 24.8 Å². The molecule has 7 rings (SSSR count). The molecule has 3 aromatic carbocycles. The summed E-state index contributed by atoms with van der Waals surface area (Å²) in [6.07, 6.45) is 4.31. The number of nitrogens with two attached hydrogens (primary N) is 2. The van der Waals surface area contributed by atoms with Crippen molar-refractivity contribution < 1.29 is 18.6 Å². The van der Waals surface area contributed by atoms with E-state index in [0.29, 0.717) is 65.0 Å². The van der Waals surface area contributed by atoms with Crippen LogP contribution in [0.5, 0.6) is 11.5 Å². The summed E-state index contributed by atoms with van der Waals surface area (Å²) in [6, 6.07) is 26.2. The molecule has 0 spiro atoms. The maximum absolute atomic E-state index is 12.8. The summed E-state index contributed by atoms with van der Waals surface area (Å²) in [5, 5.41) is 39.6. The van der Waals surface area contributed by atoms with Crippen molar-refractivity contribution in [1.29, 1.82) is 0 Å². The second-order valence-corrected chi connectivity index (χ2v) is 13.7. The third-order valence-electron chi connectivity index (χ3n) is 8.72. The van der Waals surface area contributed by atoms with E-state index in [9.17, 15) is 18.6 Å². The molecule has 0 atom stereocenters. The molecule has 0 unspecified atom stereocenters. The highest BCUT2D eigenvalue weighted by molar-refractivity contribution is 7.89. The number of nitrogen functional groups attached to an aromatic ring is 2. The number of benzene rings is 3. The van der Waals surface area contributed by atoms with Gasteiger partial charge >= 0.3 is 0 Å². The first kappa shape index (κ1) is 39.0. The van der Waals surface area contributed by atoms with E-state index in [1.165, 1.54) is 9.88 Å². The van der Waals surface area contributed by atoms with E-state index in [-0.39, 0.29) is 42.2 Å². The highest BCUT2D eigenvalue weighted by Crippen LogP contribution is 2.36. The SMILES string of the molecule is Cl.Cl.Nc1nnc(-c2ccccc2O)cc1C1=CCNCC1.Nc1nnc(-c2ccccc2O)cc1C1CCN(S(=O)(=O)c2ccccc2)CC1. The molecule has 15 heteroatoms. The minimum absolute atomic E-state index is 0. The zero-order valence-corrected chi connectivity index (χ0v) is 30.0. The Morgan fingerprint density at radius 3 is 1.82 bits per heavy atom. The van der Waals surface area contributed by atoms with Crippen LogP contribution in [0.2, 0.25) is 0 Å². The number of phenolic OH excluding ortho intramolecular Hbond substituents is 2. The molecule has 1 fully saturated rings.